The van der Waals surface area contributed by atoms with E-state index in [2.05, 4.69) is 4.90 Å². The summed E-state index contributed by atoms with van der Waals surface area (Å²) in [5.74, 6) is -1.62. The molecule has 2 fully saturated rings. The van der Waals surface area contributed by atoms with Crippen molar-refractivity contribution in [1.29, 1.82) is 0 Å². The van der Waals surface area contributed by atoms with Crippen molar-refractivity contribution in [2.24, 2.45) is 0 Å². The third kappa shape index (κ3) is 4.74. The maximum Gasteiger partial charge on any atom is 0.312 e. The number of rotatable bonds is 5. The summed E-state index contributed by atoms with van der Waals surface area (Å²) in [5, 5.41) is 0. The largest absolute Gasteiger partial charge is 0.368 e. The minimum atomic E-state index is -0.622. The molecule has 0 aliphatic carbocycles. The Kier molecular flexibility index (Phi) is 6.39. The Morgan fingerprint density at radius 3 is 2.16 bits per heavy atom. The molecule has 0 spiro atoms. The molecule has 2 aromatic rings. The van der Waals surface area contributed by atoms with Crippen LogP contribution in [0.2, 0.25) is 0 Å². The molecule has 7 nitrogen and oxygen atoms in total. The molecular formula is C24H27FN4O3. The van der Waals surface area contributed by atoms with Gasteiger partial charge in [-0.25, -0.2) is 4.39 Å². The Bertz CT molecular complexity index is 1000. The Morgan fingerprint density at radius 2 is 1.47 bits per heavy atom. The number of carbonyl (C=O) groups is 3. The third-order valence-corrected chi connectivity index (χ3v) is 6.17. The predicted octanol–water partition coefficient (Wildman–Crippen LogP) is 1.65. The Balaban J connectivity index is 1.29. The minimum Gasteiger partial charge on any atom is -0.368 e. The van der Waals surface area contributed by atoms with Crippen LogP contribution in [-0.4, -0.2) is 78.2 Å². The first-order chi connectivity index (χ1) is 15.4. The molecule has 0 aromatic heterocycles. The first-order valence-corrected chi connectivity index (χ1v) is 10.8. The quantitative estimate of drug-likeness (QED) is 0.666. The van der Waals surface area contributed by atoms with E-state index in [0.29, 0.717) is 45.8 Å². The summed E-state index contributed by atoms with van der Waals surface area (Å²) in [7, 11) is 0. The Morgan fingerprint density at radius 1 is 0.844 bits per heavy atom. The lowest BCUT2D eigenvalue weighted by molar-refractivity contribution is -0.158. The van der Waals surface area contributed by atoms with Gasteiger partial charge in [-0.3, -0.25) is 14.4 Å². The second-order valence-electron chi connectivity index (χ2n) is 8.22. The van der Waals surface area contributed by atoms with Gasteiger partial charge in [0, 0.05) is 51.5 Å². The standard InChI is InChI=1S/C24H27FN4O3/c1-18-4-2-3-5-19(18)16-28-14-15-29(24(32)23(28)31)17-22(30)27-12-10-26(11-13-27)21-8-6-20(25)7-9-21/h2-9H,10-17H2,1H3. The number of amides is 3. The van der Waals surface area contributed by atoms with Crippen molar-refractivity contribution in [2.45, 2.75) is 13.5 Å². The molecule has 4 rings (SSSR count). The van der Waals surface area contributed by atoms with Crippen molar-refractivity contribution in [3.05, 3.63) is 65.5 Å². The van der Waals surface area contributed by atoms with E-state index in [0.717, 1.165) is 16.8 Å². The summed E-state index contributed by atoms with van der Waals surface area (Å²) in [6, 6.07) is 14.1. The zero-order valence-corrected chi connectivity index (χ0v) is 18.2. The summed E-state index contributed by atoms with van der Waals surface area (Å²) in [5.41, 5.74) is 3.01. The van der Waals surface area contributed by atoms with Crippen LogP contribution in [0.15, 0.2) is 48.5 Å². The van der Waals surface area contributed by atoms with Crippen LogP contribution in [0.3, 0.4) is 0 Å². The molecule has 0 bridgehead atoms. The lowest BCUT2D eigenvalue weighted by atomic mass is 10.1. The van der Waals surface area contributed by atoms with E-state index in [4.69, 9.17) is 0 Å². The number of benzene rings is 2. The second kappa shape index (κ2) is 9.38. The molecule has 2 aromatic carbocycles. The van der Waals surface area contributed by atoms with Gasteiger partial charge in [0.15, 0.2) is 0 Å². The number of piperazine rings is 2. The van der Waals surface area contributed by atoms with Gasteiger partial charge in [-0.15, -0.1) is 0 Å². The van der Waals surface area contributed by atoms with Gasteiger partial charge in [0.2, 0.25) is 5.91 Å². The van der Waals surface area contributed by atoms with Crippen molar-refractivity contribution in [3.8, 4) is 0 Å². The van der Waals surface area contributed by atoms with Crippen LogP contribution in [0.5, 0.6) is 0 Å². The molecule has 0 atom stereocenters. The predicted molar refractivity (Wildman–Crippen MR) is 118 cm³/mol. The lowest BCUT2D eigenvalue weighted by Gasteiger charge is -2.38. The highest BCUT2D eigenvalue weighted by atomic mass is 19.1. The van der Waals surface area contributed by atoms with E-state index in [1.54, 1.807) is 21.9 Å². The third-order valence-electron chi connectivity index (χ3n) is 6.17. The molecule has 32 heavy (non-hydrogen) atoms. The molecule has 2 aliphatic heterocycles. The maximum atomic E-state index is 13.1. The average molecular weight is 439 g/mol. The van der Waals surface area contributed by atoms with Crippen LogP contribution in [0, 0.1) is 12.7 Å². The fraction of sp³-hybridized carbons (Fsp3) is 0.375. The Hall–Kier alpha value is -3.42. The highest BCUT2D eigenvalue weighted by molar-refractivity contribution is 6.35. The SMILES string of the molecule is Cc1ccccc1CN1CCN(CC(=O)N2CCN(c3ccc(F)cc3)CC2)C(=O)C1=O. The van der Waals surface area contributed by atoms with Crippen molar-refractivity contribution in [3.63, 3.8) is 0 Å². The Labute approximate surface area is 187 Å². The number of nitrogens with zero attached hydrogens (tertiary/aromatic N) is 4. The first kappa shape index (κ1) is 21.8. The van der Waals surface area contributed by atoms with Crippen LogP contribution in [-0.2, 0) is 20.9 Å². The highest BCUT2D eigenvalue weighted by Gasteiger charge is 2.34. The van der Waals surface area contributed by atoms with Gasteiger partial charge in [-0.05, 0) is 42.3 Å². The maximum absolute atomic E-state index is 13.1. The summed E-state index contributed by atoms with van der Waals surface area (Å²) in [6.07, 6.45) is 0. The van der Waals surface area contributed by atoms with Crippen molar-refractivity contribution >= 4 is 23.4 Å². The number of anilines is 1. The van der Waals surface area contributed by atoms with Crippen molar-refractivity contribution < 1.29 is 18.8 Å². The molecule has 0 radical (unpaired) electrons. The molecule has 2 saturated heterocycles. The summed E-state index contributed by atoms with van der Waals surface area (Å²) in [4.78, 5) is 44.7. The minimum absolute atomic E-state index is 0.0840. The smallest absolute Gasteiger partial charge is 0.312 e. The normalized spacial score (nSPS) is 17.2. The number of halogens is 1. The fourth-order valence-corrected chi connectivity index (χ4v) is 4.14. The second-order valence-corrected chi connectivity index (χ2v) is 8.22. The van der Waals surface area contributed by atoms with Gasteiger partial charge in [0.1, 0.15) is 12.4 Å². The molecule has 168 valence electrons. The van der Waals surface area contributed by atoms with Crippen LogP contribution in [0.1, 0.15) is 11.1 Å². The van der Waals surface area contributed by atoms with E-state index < -0.39 is 11.8 Å². The molecule has 3 amide bonds. The topological polar surface area (TPSA) is 64.2 Å². The average Bonchev–Trinajstić information content (AvgIpc) is 2.81. The summed E-state index contributed by atoms with van der Waals surface area (Å²) < 4.78 is 13.1. The molecule has 2 aliphatic rings. The molecule has 8 heteroatoms. The zero-order chi connectivity index (χ0) is 22.7. The van der Waals surface area contributed by atoms with Crippen molar-refractivity contribution in [1.82, 2.24) is 14.7 Å². The van der Waals surface area contributed by atoms with Gasteiger partial charge in [0.05, 0.1) is 0 Å². The number of hydrogen-bond acceptors (Lipinski definition) is 4. The van der Waals surface area contributed by atoms with Crippen molar-refractivity contribution in [2.75, 3.05) is 50.7 Å². The van der Waals surface area contributed by atoms with E-state index in [9.17, 15) is 18.8 Å². The van der Waals surface area contributed by atoms with Gasteiger partial charge >= 0.3 is 11.8 Å². The van der Waals surface area contributed by atoms with Gasteiger partial charge in [0.25, 0.3) is 0 Å². The fourth-order valence-electron chi connectivity index (χ4n) is 4.14. The molecule has 0 saturated carbocycles. The summed E-state index contributed by atoms with van der Waals surface area (Å²) in [6.45, 7) is 5.35. The zero-order valence-electron chi connectivity index (χ0n) is 18.2. The number of hydrogen-bond donors (Lipinski definition) is 0. The number of aryl methyl sites for hydroxylation is 1. The van der Waals surface area contributed by atoms with E-state index in [1.807, 2.05) is 31.2 Å². The van der Waals surface area contributed by atoms with Crippen LogP contribution < -0.4 is 4.90 Å². The molecule has 2 heterocycles. The van der Waals surface area contributed by atoms with E-state index in [-0.39, 0.29) is 18.3 Å². The summed E-state index contributed by atoms with van der Waals surface area (Å²) >= 11 is 0. The van der Waals surface area contributed by atoms with Crippen LogP contribution in [0.4, 0.5) is 10.1 Å². The van der Waals surface area contributed by atoms with Gasteiger partial charge < -0.3 is 19.6 Å². The van der Waals surface area contributed by atoms with E-state index >= 15 is 0 Å². The highest BCUT2D eigenvalue weighted by Crippen LogP contribution is 2.18. The molecular weight excluding hydrogens is 411 g/mol. The lowest BCUT2D eigenvalue weighted by Crippen LogP contribution is -2.57. The molecule has 0 unspecified atom stereocenters. The monoisotopic (exact) mass is 438 g/mol. The van der Waals surface area contributed by atoms with Crippen LogP contribution in [0.25, 0.3) is 0 Å². The van der Waals surface area contributed by atoms with Crippen LogP contribution >= 0.6 is 0 Å². The van der Waals surface area contributed by atoms with Gasteiger partial charge in [-0.1, -0.05) is 24.3 Å². The van der Waals surface area contributed by atoms with E-state index in [1.165, 1.54) is 17.0 Å². The first-order valence-electron chi connectivity index (χ1n) is 10.8. The molecule has 0 N–H and O–H groups in total. The number of carbonyl (C=O) groups excluding carboxylic acids is 3. The van der Waals surface area contributed by atoms with Gasteiger partial charge in [-0.2, -0.15) is 0 Å².